The number of nitrogens with two attached hydrogens (primary N) is 2. The highest BCUT2D eigenvalue weighted by atomic mass is 32.2. The number of aryl methyl sites for hydroxylation is 1. The summed E-state index contributed by atoms with van der Waals surface area (Å²) in [5.41, 5.74) is 13.4. The van der Waals surface area contributed by atoms with Gasteiger partial charge in [-0.05, 0) is 30.5 Å². The Balaban J connectivity index is 2.07. The van der Waals surface area contributed by atoms with Crippen molar-refractivity contribution in [3.8, 4) is 0 Å². The summed E-state index contributed by atoms with van der Waals surface area (Å²) in [6.45, 7) is 3.90. The van der Waals surface area contributed by atoms with Crippen LogP contribution in [-0.4, -0.2) is 10.4 Å². The summed E-state index contributed by atoms with van der Waals surface area (Å²) in [7, 11) is 0. The summed E-state index contributed by atoms with van der Waals surface area (Å²) >= 11 is 1.61. The number of hydrogen-bond acceptors (Lipinski definition) is 4. The average Bonchev–Trinajstić information content (AvgIpc) is 2.94. The number of hydrogen-bond donors (Lipinski definition) is 2. The van der Waals surface area contributed by atoms with E-state index in [0.29, 0.717) is 39.1 Å². The zero-order valence-electron chi connectivity index (χ0n) is 10.4. The van der Waals surface area contributed by atoms with E-state index in [2.05, 4.69) is 11.9 Å². The van der Waals surface area contributed by atoms with Crippen molar-refractivity contribution in [2.45, 2.75) is 25.1 Å². The summed E-state index contributed by atoms with van der Waals surface area (Å²) in [5.74, 6) is 0.722. The fraction of sp³-hybridized carbons (Fsp3) is 0.462. The molecule has 1 aromatic carbocycles. The Morgan fingerprint density at radius 3 is 2.78 bits per heavy atom. The molecule has 18 heavy (non-hydrogen) atoms. The number of benzene rings is 1. The van der Waals surface area contributed by atoms with Gasteiger partial charge < -0.3 is 11.5 Å². The second kappa shape index (κ2) is 3.88. The molecule has 4 N–H and O–H groups in total. The number of anilines is 1. The van der Waals surface area contributed by atoms with Gasteiger partial charge in [-0.15, -0.1) is 0 Å². The third kappa shape index (κ3) is 1.68. The van der Waals surface area contributed by atoms with Gasteiger partial charge in [-0.2, -0.15) is 0 Å². The molecule has 1 aliphatic carbocycles. The van der Waals surface area contributed by atoms with Crippen LogP contribution in [0.4, 0.5) is 10.1 Å². The van der Waals surface area contributed by atoms with Crippen molar-refractivity contribution in [2.24, 2.45) is 22.6 Å². The van der Waals surface area contributed by atoms with E-state index >= 15 is 0 Å². The maximum Gasteiger partial charge on any atom is 0.154 e. The number of aliphatic imine (C=N–C) groups is 1. The first-order valence-corrected chi connectivity index (χ1v) is 6.92. The topological polar surface area (TPSA) is 64.4 Å². The monoisotopic (exact) mass is 265 g/mol. The van der Waals surface area contributed by atoms with Crippen LogP contribution in [0.25, 0.3) is 0 Å². The van der Waals surface area contributed by atoms with E-state index < -0.39 is 0 Å². The zero-order chi connectivity index (χ0) is 13.0. The predicted octanol–water partition coefficient (Wildman–Crippen LogP) is 2.45. The molecule has 0 aromatic heterocycles. The van der Waals surface area contributed by atoms with Crippen LogP contribution >= 0.6 is 11.8 Å². The highest BCUT2D eigenvalue weighted by Gasteiger charge is 2.55. The number of halogens is 1. The first kappa shape index (κ1) is 11.8. The van der Waals surface area contributed by atoms with Crippen molar-refractivity contribution < 1.29 is 4.39 Å². The SMILES string of the molecule is Cc1cc(N)cc(C2N=C(N)SC3C(C)C23)c1F. The van der Waals surface area contributed by atoms with E-state index in [1.807, 2.05) is 0 Å². The lowest BCUT2D eigenvalue weighted by Gasteiger charge is -2.19. The lowest BCUT2D eigenvalue weighted by molar-refractivity contribution is 0.535. The molecule has 1 heterocycles. The molecule has 3 nitrogen and oxygen atoms in total. The molecule has 5 heteroatoms. The van der Waals surface area contributed by atoms with Gasteiger partial charge in [-0.1, -0.05) is 18.7 Å². The number of nitrogen functional groups attached to an aromatic ring is 1. The Bertz CT molecular complexity index is 543. The van der Waals surface area contributed by atoms with Gasteiger partial charge in [0.05, 0.1) is 6.04 Å². The van der Waals surface area contributed by atoms with Gasteiger partial charge in [-0.25, -0.2) is 4.39 Å². The van der Waals surface area contributed by atoms with E-state index in [0.717, 1.165) is 0 Å². The fourth-order valence-electron chi connectivity index (χ4n) is 2.82. The molecule has 1 aromatic rings. The van der Waals surface area contributed by atoms with Gasteiger partial charge in [0.15, 0.2) is 5.17 Å². The number of amidine groups is 1. The van der Waals surface area contributed by atoms with Crippen LogP contribution in [0.2, 0.25) is 0 Å². The smallest absolute Gasteiger partial charge is 0.154 e. The molecule has 4 unspecified atom stereocenters. The second-order valence-corrected chi connectivity index (χ2v) is 6.37. The van der Waals surface area contributed by atoms with Crippen LogP contribution in [0.3, 0.4) is 0 Å². The molecule has 1 saturated carbocycles. The van der Waals surface area contributed by atoms with E-state index in [-0.39, 0.29) is 11.9 Å². The lowest BCUT2D eigenvalue weighted by Crippen LogP contribution is -2.18. The van der Waals surface area contributed by atoms with Crippen molar-refractivity contribution in [3.63, 3.8) is 0 Å². The van der Waals surface area contributed by atoms with E-state index in [4.69, 9.17) is 11.5 Å². The molecule has 3 rings (SSSR count). The van der Waals surface area contributed by atoms with E-state index in [1.165, 1.54) is 0 Å². The number of thioether (sulfide) groups is 1. The Hall–Kier alpha value is -1.23. The Morgan fingerprint density at radius 2 is 2.06 bits per heavy atom. The van der Waals surface area contributed by atoms with Crippen LogP contribution in [0, 0.1) is 24.6 Å². The maximum absolute atomic E-state index is 14.2. The standard InChI is InChI=1S/C13H16FN3S/c1-5-3-7(15)4-8(10(5)14)11-9-6(2)12(9)18-13(16)17-11/h3-4,6,9,11-12H,15H2,1-2H3,(H2,16,17). The van der Waals surface area contributed by atoms with Crippen LogP contribution in [0.15, 0.2) is 17.1 Å². The fourth-order valence-corrected chi connectivity index (χ4v) is 4.13. The Labute approximate surface area is 110 Å². The molecule has 0 spiro atoms. The molecule has 0 amide bonds. The molecule has 1 fully saturated rings. The zero-order valence-corrected chi connectivity index (χ0v) is 11.2. The van der Waals surface area contributed by atoms with Crippen LogP contribution in [-0.2, 0) is 0 Å². The summed E-state index contributed by atoms with van der Waals surface area (Å²) < 4.78 is 14.2. The molecule has 96 valence electrons. The predicted molar refractivity (Wildman–Crippen MR) is 73.9 cm³/mol. The second-order valence-electron chi connectivity index (χ2n) is 5.17. The lowest BCUT2D eigenvalue weighted by atomic mass is 9.98. The molecule has 4 atom stereocenters. The van der Waals surface area contributed by atoms with Crippen molar-refractivity contribution >= 4 is 22.6 Å². The molecular formula is C13H16FN3S. The quantitative estimate of drug-likeness (QED) is 0.767. The van der Waals surface area contributed by atoms with Gasteiger partial charge in [0, 0.05) is 22.4 Å². The minimum Gasteiger partial charge on any atom is -0.399 e. The van der Waals surface area contributed by atoms with Crippen LogP contribution in [0.1, 0.15) is 24.1 Å². The van der Waals surface area contributed by atoms with Crippen LogP contribution < -0.4 is 11.5 Å². The van der Waals surface area contributed by atoms with Gasteiger partial charge in [0.25, 0.3) is 0 Å². The molecule has 0 radical (unpaired) electrons. The first-order chi connectivity index (χ1) is 8.49. The van der Waals surface area contributed by atoms with Crippen molar-refractivity contribution in [1.29, 1.82) is 0 Å². The Kier molecular flexibility index (Phi) is 2.55. The van der Waals surface area contributed by atoms with Crippen molar-refractivity contribution in [2.75, 3.05) is 5.73 Å². The molecule has 1 aliphatic heterocycles. The van der Waals surface area contributed by atoms with E-state index in [1.54, 1.807) is 30.8 Å². The summed E-state index contributed by atoms with van der Waals surface area (Å²) in [4.78, 5) is 4.43. The minimum absolute atomic E-state index is 0.173. The highest BCUT2D eigenvalue weighted by Crippen LogP contribution is 2.58. The van der Waals surface area contributed by atoms with E-state index in [9.17, 15) is 4.39 Å². The number of rotatable bonds is 1. The molecule has 0 bridgehead atoms. The summed E-state index contributed by atoms with van der Waals surface area (Å²) in [5, 5.41) is 1.04. The Morgan fingerprint density at radius 1 is 1.33 bits per heavy atom. The van der Waals surface area contributed by atoms with Gasteiger partial charge in [0.1, 0.15) is 5.82 Å². The molecular weight excluding hydrogens is 249 g/mol. The minimum atomic E-state index is -0.199. The third-order valence-corrected chi connectivity index (χ3v) is 5.24. The summed E-state index contributed by atoms with van der Waals surface area (Å²) in [6, 6.07) is 3.17. The number of nitrogens with zero attached hydrogens (tertiary/aromatic N) is 1. The first-order valence-electron chi connectivity index (χ1n) is 6.04. The van der Waals surface area contributed by atoms with Crippen molar-refractivity contribution in [3.05, 3.63) is 29.1 Å². The van der Waals surface area contributed by atoms with Gasteiger partial charge in [0.2, 0.25) is 0 Å². The van der Waals surface area contributed by atoms with Crippen LogP contribution in [0.5, 0.6) is 0 Å². The highest BCUT2D eigenvalue weighted by molar-refractivity contribution is 8.14. The third-order valence-electron chi connectivity index (χ3n) is 3.88. The molecule has 2 aliphatic rings. The average molecular weight is 265 g/mol. The normalized spacial score (nSPS) is 33.8. The van der Waals surface area contributed by atoms with Gasteiger partial charge >= 0.3 is 0 Å². The van der Waals surface area contributed by atoms with Crippen molar-refractivity contribution in [1.82, 2.24) is 0 Å². The number of fused-ring (bicyclic) bond motifs is 1. The summed E-state index contributed by atoms with van der Waals surface area (Å²) in [6.07, 6.45) is 0. The largest absolute Gasteiger partial charge is 0.399 e. The maximum atomic E-state index is 14.2. The molecule has 0 saturated heterocycles. The van der Waals surface area contributed by atoms with Gasteiger partial charge in [-0.3, -0.25) is 4.99 Å².